The molecule has 16 heavy (non-hydrogen) atoms. The van der Waals surface area contributed by atoms with E-state index in [9.17, 15) is 22.8 Å². The topological polar surface area (TPSA) is 34.1 Å². The van der Waals surface area contributed by atoms with Gasteiger partial charge < -0.3 is 0 Å². The molecule has 0 amide bonds. The number of Topliss-reactive ketones (excluding diaryl/α,β-unsaturated/α-hetero) is 2. The van der Waals surface area contributed by atoms with Gasteiger partial charge in [0.2, 0.25) is 5.78 Å². The lowest BCUT2D eigenvalue weighted by Crippen LogP contribution is -2.25. The van der Waals surface area contributed by atoms with Gasteiger partial charge in [0.25, 0.3) is 0 Å². The molecule has 1 rings (SSSR count). The van der Waals surface area contributed by atoms with Crippen molar-refractivity contribution >= 4 is 23.2 Å². The second-order valence-electron chi connectivity index (χ2n) is 3.00. The van der Waals surface area contributed by atoms with Crippen molar-refractivity contribution < 1.29 is 22.8 Å². The number of carbonyl (C=O) groups excluding carboxylic acids is 2. The molecule has 0 aromatic heterocycles. The first-order chi connectivity index (χ1) is 7.32. The molecule has 0 aliphatic carbocycles. The molecule has 0 radical (unpaired) electrons. The fraction of sp³-hybridized carbons (Fsp3) is 0.200. The van der Waals surface area contributed by atoms with E-state index >= 15 is 0 Å². The maximum absolute atomic E-state index is 11.9. The zero-order chi connectivity index (χ0) is 12.3. The molecule has 1 aromatic carbocycles. The highest BCUT2D eigenvalue weighted by molar-refractivity contribution is 6.34. The Morgan fingerprint density at radius 1 is 1.19 bits per heavy atom. The van der Waals surface area contributed by atoms with Crippen LogP contribution in [0.3, 0.4) is 0 Å². The van der Waals surface area contributed by atoms with E-state index < -0.39 is 24.2 Å². The number of halogens is 4. The third kappa shape index (κ3) is 3.06. The van der Waals surface area contributed by atoms with Crippen LogP contribution in [-0.4, -0.2) is 17.7 Å². The lowest BCUT2D eigenvalue weighted by molar-refractivity contribution is -0.170. The van der Waals surface area contributed by atoms with Gasteiger partial charge in [-0.05, 0) is 12.1 Å². The monoisotopic (exact) mass is 250 g/mol. The summed E-state index contributed by atoms with van der Waals surface area (Å²) < 4.78 is 35.7. The van der Waals surface area contributed by atoms with Crippen LogP contribution in [0.15, 0.2) is 24.3 Å². The van der Waals surface area contributed by atoms with Gasteiger partial charge in [-0.3, -0.25) is 9.59 Å². The first-order valence-corrected chi connectivity index (χ1v) is 4.58. The molecule has 0 saturated heterocycles. The molecule has 2 nitrogen and oxygen atoms in total. The number of benzene rings is 1. The van der Waals surface area contributed by atoms with E-state index in [-0.39, 0.29) is 10.6 Å². The van der Waals surface area contributed by atoms with Crippen LogP contribution in [0.2, 0.25) is 5.02 Å². The molecular weight excluding hydrogens is 245 g/mol. The molecule has 0 spiro atoms. The van der Waals surface area contributed by atoms with Crippen molar-refractivity contribution in [2.75, 3.05) is 0 Å². The second kappa shape index (κ2) is 4.65. The van der Waals surface area contributed by atoms with Crippen molar-refractivity contribution in [2.24, 2.45) is 0 Å². The summed E-state index contributed by atoms with van der Waals surface area (Å²) in [6.07, 6.45) is -6.20. The molecule has 0 atom stereocenters. The largest absolute Gasteiger partial charge is 0.450 e. The van der Waals surface area contributed by atoms with E-state index in [0.717, 1.165) is 0 Å². The van der Waals surface area contributed by atoms with E-state index in [1.165, 1.54) is 24.3 Å². The molecule has 1 aromatic rings. The molecule has 6 heteroatoms. The number of carbonyl (C=O) groups is 2. The van der Waals surface area contributed by atoms with Gasteiger partial charge in [-0.15, -0.1) is 0 Å². The van der Waals surface area contributed by atoms with Crippen molar-refractivity contribution in [3.05, 3.63) is 34.9 Å². The minimum absolute atomic E-state index is 0.0301. The van der Waals surface area contributed by atoms with Crippen LogP contribution < -0.4 is 0 Å². The first kappa shape index (κ1) is 12.7. The third-order valence-corrected chi connectivity index (χ3v) is 2.14. The standard InChI is InChI=1S/C10H6ClF3O2/c11-7-4-2-1-3-6(7)8(15)5-9(16)10(12,13)14/h1-4H,5H2. The molecular formula is C10H6ClF3O2. The minimum atomic E-state index is -4.99. The van der Waals surface area contributed by atoms with Crippen molar-refractivity contribution in [1.29, 1.82) is 0 Å². The van der Waals surface area contributed by atoms with Crippen LogP contribution in [0, 0.1) is 0 Å². The van der Waals surface area contributed by atoms with Gasteiger partial charge in [-0.1, -0.05) is 23.7 Å². The Balaban J connectivity index is 2.82. The molecule has 0 aliphatic rings. The Kier molecular flexibility index (Phi) is 3.70. The number of rotatable bonds is 3. The maximum atomic E-state index is 11.9. The molecule has 0 heterocycles. The Bertz CT molecular complexity index is 426. The van der Waals surface area contributed by atoms with E-state index in [0.29, 0.717) is 0 Å². The van der Waals surface area contributed by atoms with E-state index in [1.54, 1.807) is 0 Å². The predicted molar refractivity (Wildman–Crippen MR) is 51.5 cm³/mol. The van der Waals surface area contributed by atoms with Crippen molar-refractivity contribution in [1.82, 2.24) is 0 Å². The Labute approximate surface area is 94.0 Å². The predicted octanol–water partition coefficient (Wildman–Crippen LogP) is 3.04. The summed E-state index contributed by atoms with van der Waals surface area (Å²) in [5.41, 5.74) is -0.0817. The molecule has 0 unspecified atom stereocenters. The Morgan fingerprint density at radius 2 is 1.75 bits per heavy atom. The highest BCUT2D eigenvalue weighted by Gasteiger charge is 2.39. The van der Waals surface area contributed by atoms with E-state index in [1.807, 2.05) is 0 Å². The summed E-state index contributed by atoms with van der Waals surface area (Å²) in [6.45, 7) is 0. The first-order valence-electron chi connectivity index (χ1n) is 4.20. The highest BCUT2D eigenvalue weighted by atomic mass is 35.5. The van der Waals surface area contributed by atoms with Crippen LogP contribution in [0.1, 0.15) is 16.8 Å². The number of hydrogen-bond acceptors (Lipinski definition) is 2. The number of hydrogen-bond donors (Lipinski definition) is 0. The quantitative estimate of drug-likeness (QED) is 0.610. The molecule has 0 saturated carbocycles. The highest BCUT2D eigenvalue weighted by Crippen LogP contribution is 2.21. The SMILES string of the molecule is O=C(CC(=O)C(F)(F)F)c1ccccc1Cl. The van der Waals surface area contributed by atoms with Crippen LogP contribution in [0.4, 0.5) is 13.2 Å². The Hall–Kier alpha value is -1.36. The lowest BCUT2D eigenvalue weighted by Gasteiger charge is -2.05. The number of ketones is 2. The van der Waals surface area contributed by atoms with Gasteiger partial charge in [0.1, 0.15) is 0 Å². The molecule has 0 bridgehead atoms. The summed E-state index contributed by atoms with van der Waals surface area (Å²) in [5.74, 6) is -3.01. The van der Waals surface area contributed by atoms with Crippen molar-refractivity contribution in [3.63, 3.8) is 0 Å². The normalized spacial score (nSPS) is 11.2. The van der Waals surface area contributed by atoms with Crippen LogP contribution in [0.5, 0.6) is 0 Å². The Morgan fingerprint density at radius 3 is 2.25 bits per heavy atom. The van der Waals surface area contributed by atoms with E-state index in [4.69, 9.17) is 11.6 Å². The molecule has 0 fully saturated rings. The van der Waals surface area contributed by atoms with Gasteiger partial charge >= 0.3 is 6.18 Å². The zero-order valence-corrected chi connectivity index (χ0v) is 8.60. The average Bonchev–Trinajstić information content (AvgIpc) is 2.16. The molecule has 0 aliphatic heterocycles. The van der Waals surface area contributed by atoms with Gasteiger partial charge in [-0.2, -0.15) is 13.2 Å². The van der Waals surface area contributed by atoms with Gasteiger partial charge in [0, 0.05) is 5.56 Å². The minimum Gasteiger partial charge on any atom is -0.294 e. The summed E-state index contributed by atoms with van der Waals surface area (Å²) in [7, 11) is 0. The maximum Gasteiger partial charge on any atom is 0.450 e. The van der Waals surface area contributed by atoms with Crippen molar-refractivity contribution in [3.8, 4) is 0 Å². The van der Waals surface area contributed by atoms with Crippen molar-refractivity contribution in [2.45, 2.75) is 12.6 Å². The van der Waals surface area contributed by atoms with Gasteiger partial charge in [0.05, 0.1) is 11.4 Å². The molecule has 86 valence electrons. The summed E-state index contributed by atoms with van der Waals surface area (Å²) >= 11 is 5.60. The zero-order valence-electron chi connectivity index (χ0n) is 7.84. The summed E-state index contributed by atoms with van der Waals surface area (Å²) in [4.78, 5) is 21.9. The van der Waals surface area contributed by atoms with Crippen LogP contribution >= 0.6 is 11.6 Å². The van der Waals surface area contributed by atoms with Gasteiger partial charge in [-0.25, -0.2) is 0 Å². The fourth-order valence-electron chi connectivity index (χ4n) is 1.03. The summed E-state index contributed by atoms with van der Waals surface area (Å²) in [5, 5.41) is 0.0301. The van der Waals surface area contributed by atoms with Crippen LogP contribution in [-0.2, 0) is 4.79 Å². The summed E-state index contributed by atoms with van der Waals surface area (Å²) in [6, 6.07) is 5.63. The van der Waals surface area contributed by atoms with Gasteiger partial charge in [0.15, 0.2) is 5.78 Å². The smallest absolute Gasteiger partial charge is 0.294 e. The third-order valence-electron chi connectivity index (χ3n) is 1.81. The average molecular weight is 251 g/mol. The second-order valence-corrected chi connectivity index (χ2v) is 3.41. The molecule has 0 N–H and O–H groups in total. The van der Waals surface area contributed by atoms with E-state index in [2.05, 4.69) is 0 Å². The number of alkyl halides is 3. The lowest BCUT2D eigenvalue weighted by atomic mass is 10.1. The van der Waals surface area contributed by atoms with Crippen LogP contribution in [0.25, 0.3) is 0 Å². The fourth-order valence-corrected chi connectivity index (χ4v) is 1.27.